The van der Waals surface area contributed by atoms with Crippen LogP contribution in [0.15, 0.2) is 48.5 Å². The molecule has 2 rings (SSSR count). The van der Waals surface area contributed by atoms with Crippen LogP contribution >= 0.6 is 0 Å². The third-order valence-electron chi connectivity index (χ3n) is 4.30. The summed E-state index contributed by atoms with van der Waals surface area (Å²) in [5, 5.41) is 21.5. The van der Waals surface area contributed by atoms with E-state index in [1.54, 1.807) is 27.7 Å². The second-order valence-corrected chi connectivity index (χ2v) is 8.35. The molecule has 0 aliphatic heterocycles. The Morgan fingerprint density at radius 1 is 0.941 bits per heavy atom. The summed E-state index contributed by atoms with van der Waals surface area (Å²) in [5.74, 6) is -1.80. The Kier molecular flexibility index (Phi) is 8.49. The lowest BCUT2D eigenvalue weighted by atomic mass is 10.0. The van der Waals surface area contributed by atoms with E-state index in [1.807, 2.05) is 0 Å². The molecule has 0 aliphatic carbocycles. The molecule has 34 heavy (non-hydrogen) atoms. The zero-order valence-corrected chi connectivity index (χ0v) is 19.3. The number of hydrogen-bond acceptors (Lipinski definition) is 7. The Hall–Kier alpha value is -4.21. The molecule has 10 heteroatoms. The fourth-order valence-electron chi connectivity index (χ4n) is 2.72. The minimum atomic E-state index is -1.11. The standard InChI is InChI=1S/C24H27N3O7/c1-14(20(30)15-9-11-18(12-10-15)33-13-19(28)29)26-22(31)17-7-5-16(6-8-17)21(25)27-23(32)34-24(2,3)4/h5-12,14H,13H2,1-4H3,(H,26,31)(H,28,29)(H2,25,27,32)/t14-/m0/s1. The van der Waals surface area contributed by atoms with E-state index >= 15 is 0 Å². The van der Waals surface area contributed by atoms with Crippen molar-refractivity contribution in [3.05, 3.63) is 65.2 Å². The normalized spacial score (nSPS) is 11.6. The largest absolute Gasteiger partial charge is 0.482 e. The molecule has 0 unspecified atom stereocenters. The van der Waals surface area contributed by atoms with Crippen LogP contribution in [-0.2, 0) is 9.53 Å². The molecule has 0 bridgehead atoms. The van der Waals surface area contributed by atoms with Gasteiger partial charge in [-0.1, -0.05) is 12.1 Å². The topological polar surface area (TPSA) is 155 Å². The Bertz CT molecular complexity index is 1070. The maximum atomic E-state index is 12.6. The van der Waals surface area contributed by atoms with Gasteiger partial charge in [-0.05, 0) is 64.1 Å². The van der Waals surface area contributed by atoms with Crippen LogP contribution in [0.25, 0.3) is 0 Å². The maximum Gasteiger partial charge on any atom is 0.413 e. The minimum Gasteiger partial charge on any atom is -0.482 e. The molecule has 0 saturated carbocycles. The third-order valence-corrected chi connectivity index (χ3v) is 4.30. The number of amidine groups is 1. The number of hydrogen-bond donors (Lipinski definition) is 4. The summed E-state index contributed by atoms with van der Waals surface area (Å²) >= 11 is 0. The molecule has 2 aromatic carbocycles. The number of carbonyl (C=O) groups excluding carboxylic acids is 3. The first-order chi connectivity index (χ1) is 15.9. The number of amides is 2. The van der Waals surface area contributed by atoms with Crippen LogP contribution in [0, 0.1) is 5.41 Å². The van der Waals surface area contributed by atoms with Gasteiger partial charge in [0.2, 0.25) is 0 Å². The highest BCUT2D eigenvalue weighted by molar-refractivity contribution is 6.06. The summed E-state index contributed by atoms with van der Waals surface area (Å²) in [7, 11) is 0. The summed E-state index contributed by atoms with van der Waals surface area (Å²) in [5.41, 5.74) is 0.270. The van der Waals surface area contributed by atoms with Crippen LogP contribution in [0.3, 0.4) is 0 Å². The van der Waals surface area contributed by atoms with Gasteiger partial charge in [0, 0.05) is 16.7 Å². The van der Waals surface area contributed by atoms with Crippen molar-refractivity contribution < 1.29 is 33.8 Å². The molecule has 180 valence electrons. The van der Waals surface area contributed by atoms with E-state index in [0.717, 1.165) is 0 Å². The predicted molar refractivity (Wildman–Crippen MR) is 123 cm³/mol. The SMILES string of the molecule is C[C@H](NC(=O)c1ccc(C(=N)NC(=O)OC(C)(C)C)cc1)C(=O)c1ccc(OCC(=O)O)cc1. The van der Waals surface area contributed by atoms with Gasteiger partial charge in [-0.15, -0.1) is 0 Å². The van der Waals surface area contributed by atoms with Crippen molar-refractivity contribution in [2.45, 2.75) is 39.3 Å². The van der Waals surface area contributed by atoms with Gasteiger partial charge >= 0.3 is 12.1 Å². The third kappa shape index (κ3) is 8.05. The Labute approximate surface area is 196 Å². The quantitative estimate of drug-likeness (QED) is 0.263. The van der Waals surface area contributed by atoms with E-state index in [0.29, 0.717) is 16.9 Å². The van der Waals surface area contributed by atoms with Gasteiger partial charge in [-0.2, -0.15) is 0 Å². The molecule has 0 fully saturated rings. The van der Waals surface area contributed by atoms with Crippen LogP contribution in [0.5, 0.6) is 5.75 Å². The van der Waals surface area contributed by atoms with E-state index in [2.05, 4.69) is 10.6 Å². The number of carboxylic acid groups (broad SMARTS) is 1. The number of alkyl carbamates (subject to hydrolysis) is 1. The molecule has 0 spiro atoms. The number of carboxylic acids is 1. The van der Waals surface area contributed by atoms with Crippen molar-refractivity contribution in [2.24, 2.45) is 0 Å². The van der Waals surface area contributed by atoms with Crippen LogP contribution in [0.2, 0.25) is 0 Å². The molecule has 1 atom stereocenters. The smallest absolute Gasteiger partial charge is 0.413 e. The number of aliphatic carboxylic acids is 1. The molecule has 0 aromatic heterocycles. The summed E-state index contributed by atoms with van der Waals surface area (Å²) < 4.78 is 10.1. The Balaban J connectivity index is 1.94. The van der Waals surface area contributed by atoms with E-state index < -0.39 is 36.2 Å². The number of ether oxygens (including phenoxy) is 2. The second kappa shape index (κ2) is 11.1. The molecule has 10 nitrogen and oxygen atoms in total. The van der Waals surface area contributed by atoms with E-state index in [4.69, 9.17) is 20.0 Å². The maximum absolute atomic E-state index is 12.6. The average Bonchev–Trinajstić information content (AvgIpc) is 2.76. The molecule has 2 amide bonds. The first kappa shape index (κ1) is 26.0. The lowest BCUT2D eigenvalue weighted by Gasteiger charge is -2.19. The number of ketones is 1. The van der Waals surface area contributed by atoms with Crippen molar-refractivity contribution >= 4 is 29.6 Å². The van der Waals surface area contributed by atoms with Gasteiger partial charge in [-0.25, -0.2) is 9.59 Å². The van der Waals surface area contributed by atoms with Crippen molar-refractivity contribution in [2.75, 3.05) is 6.61 Å². The lowest BCUT2D eigenvalue weighted by molar-refractivity contribution is -0.139. The van der Waals surface area contributed by atoms with Gasteiger partial charge < -0.3 is 19.9 Å². The van der Waals surface area contributed by atoms with Gasteiger partial charge in [-0.3, -0.25) is 20.3 Å². The van der Waals surface area contributed by atoms with E-state index in [9.17, 15) is 19.2 Å². The Morgan fingerprint density at radius 2 is 1.47 bits per heavy atom. The number of carbonyl (C=O) groups is 4. The summed E-state index contributed by atoms with van der Waals surface area (Å²) in [6.07, 6.45) is -0.756. The highest BCUT2D eigenvalue weighted by atomic mass is 16.6. The number of nitrogens with one attached hydrogen (secondary N) is 3. The van der Waals surface area contributed by atoms with Crippen molar-refractivity contribution in [3.8, 4) is 5.75 Å². The van der Waals surface area contributed by atoms with Crippen molar-refractivity contribution in [1.82, 2.24) is 10.6 Å². The van der Waals surface area contributed by atoms with Crippen LogP contribution in [0.1, 0.15) is 54.0 Å². The monoisotopic (exact) mass is 469 g/mol. The fourth-order valence-corrected chi connectivity index (χ4v) is 2.72. The second-order valence-electron chi connectivity index (χ2n) is 8.35. The molecule has 0 heterocycles. The van der Waals surface area contributed by atoms with Gasteiger partial charge in [0.1, 0.15) is 17.2 Å². The van der Waals surface area contributed by atoms with Crippen LogP contribution in [-0.4, -0.2) is 52.9 Å². The molecule has 4 N–H and O–H groups in total. The van der Waals surface area contributed by atoms with Gasteiger partial charge in [0.15, 0.2) is 12.4 Å². The molecule has 2 aromatic rings. The number of Topliss-reactive ketones (excluding diaryl/α,β-unsaturated/α-hetero) is 1. The molecule has 0 aliphatic rings. The van der Waals surface area contributed by atoms with Gasteiger partial charge in [0.05, 0.1) is 6.04 Å². The van der Waals surface area contributed by atoms with Gasteiger partial charge in [0.25, 0.3) is 5.91 Å². The summed E-state index contributed by atoms with van der Waals surface area (Å²) in [4.78, 5) is 47.5. The van der Waals surface area contributed by atoms with Crippen LogP contribution < -0.4 is 15.4 Å². The zero-order chi connectivity index (χ0) is 25.5. The molecular weight excluding hydrogens is 442 g/mol. The average molecular weight is 469 g/mol. The number of benzene rings is 2. The first-order valence-corrected chi connectivity index (χ1v) is 10.3. The fraction of sp³-hybridized carbons (Fsp3) is 0.292. The molecule has 0 saturated heterocycles. The van der Waals surface area contributed by atoms with Crippen molar-refractivity contribution in [1.29, 1.82) is 5.41 Å². The lowest BCUT2D eigenvalue weighted by Crippen LogP contribution is -2.38. The predicted octanol–water partition coefficient (Wildman–Crippen LogP) is 3.00. The number of rotatable bonds is 8. The minimum absolute atomic E-state index is 0.180. The Morgan fingerprint density at radius 3 is 2.00 bits per heavy atom. The highest BCUT2D eigenvalue weighted by Gasteiger charge is 2.20. The zero-order valence-electron chi connectivity index (χ0n) is 19.3. The molecule has 0 radical (unpaired) electrons. The van der Waals surface area contributed by atoms with Crippen molar-refractivity contribution in [3.63, 3.8) is 0 Å². The molecular formula is C24H27N3O7. The first-order valence-electron chi connectivity index (χ1n) is 10.3. The summed E-state index contributed by atoms with van der Waals surface area (Å²) in [6.45, 7) is 6.18. The van der Waals surface area contributed by atoms with E-state index in [1.165, 1.54) is 48.5 Å². The summed E-state index contributed by atoms with van der Waals surface area (Å²) in [6, 6.07) is 11.0. The highest BCUT2D eigenvalue weighted by Crippen LogP contribution is 2.14. The van der Waals surface area contributed by atoms with E-state index in [-0.39, 0.29) is 17.2 Å². The van der Waals surface area contributed by atoms with Crippen LogP contribution in [0.4, 0.5) is 4.79 Å².